The molecule has 1 aromatic heterocycles. The van der Waals surface area contributed by atoms with Gasteiger partial charge < -0.3 is 4.74 Å². The van der Waals surface area contributed by atoms with Crippen LogP contribution in [0.25, 0.3) is 5.69 Å². The zero-order valence-corrected chi connectivity index (χ0v) is 11.5. The molecule has 1 N–H and O–H groups in total. The first kappa shape index (κ1) is 13.0. The molecule has 0 spiro atoms. The molecule has 0 atom stereocenters. The summed E-state index contributed by atoms with van der Waals surface area (Å²) in [6.07, 6.45) is 1.70. The summed E-state index contributed by atoms with van der Waals surface area (Å²) >= 11 is 5.31. The average molecular weight is 263 g/mol. The quantitative estimate of drug-likeness (QED) is 0.843. The number of hydrogen-bond donors (Lipinski definition) is 1. The van der Waals surface area contributed by atoms with E-state index in [1.165, 1.54) is 5.56 Å². The van der Waals surface area contributed by atoms with E-state index >= 15 is 0 Å². The molecule has 0 aliphatic rings. The molecular weight excluding hydrogens is 246 g/mol. The Bertz CT molecular complexity index is 574. The number of aromatic amines is 1. The van der Waals surface area contributed by atoms with E-state index < -0.39 is 0 Å². The number of aromatic nitrogens is 3. The van der Waals surface area contributed by atoms with Crippen molar-refractivity contribution in [3.05, 3.63) is 40.4 Å². The number of H-pyrrole nitrogens is 1. The number of benzene rings is 1. The summed E-state index contributed by atoms with van der Waals surface area (Å²) in [4.78, 5) is 0. The van der Waals surface area contributed by atoms with Gasteiger partial charge in [0.1, 0.15) is 5.82 Å². The highest BCUT2D eigenvalue weighted by Gasteiger charge is 2.10. The van der Waals surface area contributed by atoms with Crippen LogP contribution in [0.3, 0.4) is 0 Å². The van der Waals surface area contributed by atoms with Gasteiger partial charge in [0.15, 0.2) is 4.77 Å². The minimum atomic E-state index is 0.636. The third-order valence-electron chi connectivity index (χ3n) is 2.87. The van der Waals surface area contributed by atoms with Crippen LogP contribution in [0.4, 0.5) is 0 Å². The maximum atomic E-state index is 5.31. The van der Waals surface area contributed by atoms with Gasteiger partial charge in [0.05, 0.1) is 12.3 Å². The van der Waals surface area contributed by atoms with E-state index in [2.05, 4.69) is 29.3 Å². The maximum absolute atomic E-state index is 5.31. The van der Waals surface area contributed by atoms with Crippen molar-refractivity contribution in [1.82, 2.24) is 14.8 Å². The van der Waals surface area contributed by atoms with Gasteiger partial charge in [0.25, 0.3) is 0 Å². The number of ether oxygens (including phenoxy) is 1. The maximum Gasteiger partial charge on any atom is 0.199 e. The molecule has 1 heterocycles. The Balaban J connectivity index is 2.49. The molecule has 0 saturated carbocycles. The molecule has 5 heteroatoms. The van der Waals surface area contributed by atoms with Crippen LogP contribution >= 0.6 is 12.2 Å². The fraction of sp³-hybridized carbons (Fsp3) is 0.385. The van der Waals surface area contributed by atoms with Crippen LogP contribution in [0, 0.1) is 4.77 Å². The highest BCUT2D eigenvalue weighted by atomic mass is 32.1. The van der Waals surface area contributed by atoms with E-state index in [0.29, 0.717) is 11.4 Å². The second kappa shape index (κ2) is 5.93. The Hall–Kier alpha value is -1.46. The van der Waals surface area contributed by atoms with Gasteiger partial charge in [-0.1, -0.05) is 25.1 Å². The molecule has 0 bridgehead atoms. The first-order valence-electron chi connectivity index (χ1n) is 6.01. The van der Waals surface area contributed by atoms with E-state index in [1.807, 2.05) is 16.7 Å². The first-order chi connectivity index (χ1) is 8.77. The van der Waals surface area contributed by atoms with Gasteiger partial charge >= 0.3 is 0 Å². The molecule has 0 saturated heterocycles. The lowest BCUT2D eigenvalue weighted by atomic mass is 10.1. The van der Waals surface area contributed by atoms with E-state index in [0.717, 1.165) is 24.4 Å². The molecule has 0 fully saturated rings. The molecule has 2 rings (SSSR count). The summed E-state index contributed by atoms with van der Waals surface area (Å²) in [5.74, 6) is 0.949. The van der Waals surface area contributed by atoms with Gasteiger partial charge in [-0.25, -0.2) is 0 Å². The van der Waals surface area contributed by atoms with Crippen molar-refractivity contribution < 1.29 is 4.74 Å². The topological polar surface area (TPSA) is 42.8 Å². The summed E-state index contributed by atoms with van der Waals surface area (Å²) in [5, 5.41) is 7.10. The molecule has 96 valence electrons. The SMILES string of the molecule is CCc1n[nH]c(=S)n1-c1ccccc1CCOC. The minimum Gasteiger partial charge on any atom is -0.384 e. The van der Waals surface area contributed by atoms with E-state index in [4.69, 9.17) is 17.0 Å². The van der Waals surface area contributed by atoms with E-state index in [9.17, 15) is 0 Å². The van der Waals surface area contributed by atoms with Gasteiger partial charge in [-0.3, -0.25) is 9.67 Å². The Labute approximate surface area is 112 Å². The Morgan fingerprint density at radius 2 is 2.17 bits per heavy atom. The molecule has 0 aliphatic carbocycles. The predicted molar refractivity (Wildman–Crippen MR) is 73.7 cm³/mol. The monoisotopic (exact) mass is 263 g/mol. The summed E-state index contributed by atoms with van der Waals surface area (Å²) in [5.41, 5.74) is 2.30. The fourth-order valence-electron chi connectivity index (χ4n) is 1.97. The molecule has 0 radical (unpaired) electrons. The van der Waals surface area contributed by atoms with Crippen LogP contribution < -0.4 is 0 Å². The van der Waals surface area contributed by atoms with Gasteiger partial charge in [-0.15, -0.1) is 0 Å². The smallest absolute Gasteiger partial charge is 0.199 e. The van der Waals surface area contributed by atoms with Crippen molar-refractivity contribution >= 4 is 12.2 Å². The van der Waals surface area contributed by atoms with Gasteiger partial charge in [-0.05, 0) is 30.3 Å². The molecule has 0 unspecified atom stereocenters. The number of methoxy groups -OCH3 is 1. The minimum absolute atomic E-state index is 0.636. The molecule has 2 aromatic rings. The van der Waals surface area contributed by atoms with Crippen molar-refractivity contribution in [2.24, 2.45) is 0 Å². The van der Waals surface area contributed by atoms with Crippen LogP contribution in [0.1, 0.15) is 18.3 Å². The van der Waals surface area contributed by atoms with Crippen molar-refractivity contribution in [2.45, 2.75) is 19.8 Å². The van der Waals surface area contributed by atoms with E-state index in [-0.39, 0.29) is 0 Å². The molecule has 18 heavy (non-hydrogen) atoms. The Morgan fingerprint density at radius 1 is 1.39 bits per heavy atom. The zero-order valence-electron chi connectivity index (χ0n) is 10.6. The second-order valence-electron chi connectivity index (χ2n) is 4.01. The highest BCUT2D eigenvalue weighted by Crippen LogP contribution is 2.17. The van der Waals surface area contributed by atoms with Gasteiger partial charge in [0, 0.05) is 13.5 Å². The summed E-state index contributed by atoms with van der Waals surface area (Å²) in [7, 11) is 1.71. The van der Waals surface area contributed by atoms with Crippen LogP contribution in [0.2, 0.25) is 0 Å². The zero-order chi connectivity index (χ0) is 13.0. The van der Waals surface area contributed by atoms with Crippen LogP contribution in [0.15, 0.2) is 24.3 Å². The van der Waals surface area contributed by atoms with E-state index in [1.54, 1.807) is 7.11 Å². The summed E-state index contributed by atoms with van der Waals surface area (Å²) in [6.45, 7) is 2.77. The number of nitrogens with one attached hydrogen (secondary N) is 1. The van der Waals surface area contributed by atoms with Crippen molar-refractivity contribution in [1.29, 1.82) is 0 Å². The largest absolute Gasteiger partial charge is 0.384 e. The lowest BCUT2D eigenvalue weighted by Crippen LogP contribution is -2.06. The third-order valence-corrected chi connectivity index (χ3v) is 3.14. The Kier molecular flexibility index (Phi) is 4.28. The number of rotatable bonds is 5. The highest BCUT2D eigenvalue weighted by molar-refractivity contribution is 7.71. The summed E-state index contributed by atoms with van der Waals surface area (Å²) in [6, 6.07) is 8.21. The van der Waals surface area contributed by atoms with Crippen LogP contribution in [-0.4, -0.2) is 28.5 Å². The van der Waals surface area contributed by atoms with Crippen molar-refractivity contribution in [2.75, 3.05) is 13.7 Å². The lowest BCUT2D eigenvalue weighted by molar-refractivity contribution is 0.202. The normalized spacial score (nSPS) is 10.8. The van der Waals surface area contributed by atoms with Crippen LogP contribution in [-0.2, 0) is 17.6 Å². The van der Waals surface area contributed by atoms with Gasteiger partial charge in [-0.2, -0.15) is 5.10 Å². The number of nitrogens with zero attached hydrogens (tertiary/aromatic N) is 2. The van der Waals surface area contributed by atoms with Crippen molar-refractivity contribution in [3.8, 4) is 5.69 Å². The van der Waals surface area contributed by atoms with Crippen LogP contribution in [0.5, 0.6) is 0 Å². The molecule has 1 aromatic carbocycles. The molecule has 4 nitrogen and oxygen atoms in total. The molecular formula is C13H17N3OS. The standard InChI is InChI=1S/C13H17N3OS/c1-3-12-14-15-13(18)16(12)11-7-5-4-6-10(11)8-9-17-2/h4-7H,3,8-9H2,1-2H3,(H,15,18). The third kappa shape index (κ3) is 2.52. The Morgan fingerprint density at radius 3 is 2.89 bits per heavy atom. The number of hydrogen-bond acceptors (Lipinski definition) is 3. The number of aryl methyl sites for hydroxylation is 1. The van der Waals surface area contributed by atoms with Gasteiger partial charge in [0.2, 0.25) is 0 Å². The fourth-order valence-corrected chi connectivity index (χ4v) is 2.22. The number of para-hydroxylation sites is 1. The average Bonchev–Trinajstić information content (AvgIpc) is 2.77. The predicted octanol–water partition coefficient (Wildman–Crippen LogP) is 2.68. The molecule has 0 aliphatic heterocycles. The first-order valence-corrected chi connectivity index (χ1v) is 6.42. The summed E-state index contributed by atoms with van der Waals surface area (Å²) < 4.78 is 7.78. The molecule has 0 amide bonds. The second-order valence-corrected chi connectivity index (χ2v) is 4.39. The van der Waals surface area contributed by atoms with Crippen molar-refractivity contribution in [3.63, 3.8) is 0 Å². The lowest BCUT2D eigenvalue weighted by Gasteiger charge is -2.11.